The minimum Gasteiger partial charge on any atom is -0.486 e. The van der Waals surface area contributed by atoms with Gasteiger partial charge >= 0.3 is 0 Å². The molecule has 1 aliphatic rings. The normalized spacial score (nSPS) is 15.9. The summed E-state index contributed by atoms with van der Waals surface area (Å²) in [6.07, 6.45) is 5.32. The molecular formula is C24H25ClFN5O3. The first kappa shape index (κ1) is 23.9. The summed E-state index contributed by atoms with van der Waals surface area (Å²) in [7, 11) is 3.84. The second-order valence-electron chi connectivity index (χ2n) is 8.10. The smallest absolute Gasteiger partial charge is 0.248 e. The van der Waals surface area contributed by atoms with Gasteiger partial charge in [0.25, 0.3) is 0 Å². The minimum atomic E-state index is -0.509. The van der Waals surface area contributed by atoms with Crippen molar-refractivity contribution in [1.29, 1.82) is 0 Å². The van der Waals surface area contributed by atoms with E-state index in [-0.39, 0.29) is 17.0 Å². The summed E-state index contributed by atoms with van der Waals surface area (Å²) >= 11 is 5.91. The van der Waals surface area contributed by atoms with Gasteiger partial charge in [-0.05, 0) is 38.4 Å². The van der Waals surface area contributed by atoms with Crippen LogP contribution in [-0.4, -0.2) is 60.7 Å². The summed E-state index contributed by atoms with van der Waals surface area (Å²) in [4.78, 5) is 23.2. The summed E-state index contributed by atoms with van der Waals surface area (Å²) in [5.41, 5.74) is 1.65. The first-order valence-electron chi connectivity index (χ1n) is 10.8. The van der Waals surface area contributed by atoms with Crippen LogP contribution in [0.2, 0.25) is 5.02 Å². The Hall–Kier alpha value is -3.27. The van der Waals surface area contributed by atoms with Crippen LogP contribution in [0.3, 0.4) is 0 Å². The van der Waals surface area contributed by atoms with E-state index in [1.54, 1.807) is 24.3 Å². The lowest BCUT2D eigenvalue weighted by atomic mass is 10.1. The van der Waals surface area contributed by atoms with Crippen molar-refractivity contribution in [3.8, 4) is 5.75 Å². The number of hydrogen-bond donors (Lipinski definition) is 2. The zero-order chi connectivity index (χ0) is 24.1. The summed E-state index contributed by atoms with van der Waals surface area (Å²) in [5, 5.41) is 6.67. The fraction of sp³-hybridized carbons (Fsp3) is 0.292. The molecule has 1 amide bonds. The second-order valence-corrected chi connectivity index (χ2v) is 8.51. The van der Waals surface area contributed by atoms with Gasteiger partial charge in [-0.25, -0.2) is 14.4 Å². The van der Waals surface area contributed by atoms with Crippen LogP contribution in [0.4, 0.5) is 21.6 Å². The Kier molecular flexibility index (Phi) is 7.56. The van der Waals surface area contributed by atoms with E-state index >= 15 is 0 Å². The lowest BCUT2D eigenvalue weighted by molar-refractivity contribution is -0.111. The Balaban J connectivity index is 1.68. The molecule has 1 aromatic heterocycles. The highest BCUT2D eigenvalue weighted by Gasteiger charge is 2.20. The molecule has 0 spiro atoms. The Bertz CT molecular complexity index is 1210. The van der Waals surface area contributed by atoms with E-state index in [9.17, 15) is 9.18 Å². The number of carbonyl (C=O) groups excluding carboxylic acids is 1. The third kappa shape index (κ3) is 5.99. The van der Waals surface area contributed by atoms with Crippen molar-refractivity contribution in [3.05, 3.63) is 59.7 Å². The quantitative estimate of drug-likeness (QED) is 0.457. The van der Waals surface area contributed by atoms with Gasteiger partial charge in [-0.1, -0.05) is 17.7 Å². The zero-order valence-corrected chi connectivity index (χ0v) is 19.6. The molecule has 0 bridgehead atoms. The van der Waals surface area contributed by atoms with E-state index < -0.39 is 5.82 Å². The van der Waals surface area contributed by atoms with Gasteiger partial charge in [0, 0.05) is 36.2 Å². The maximum absolute atomic E-state index is 13.6. The molecule has 2 N–H and O–H groups in total. The van der Waals surface area contributed by atoms with Crippen molar-refractivity contribution in [1.82, 2.24) is 14.9 Å². The number of ether oxygens (including phenoxy) is 2. The van der Waals surface area contributed by atoms with E-state index in [2.05, 4.69) is 20.6 Å². The molecule has 2 heterocycles. The average molecular weight is 486 g/mol. The largest absolute Gasteiger partial charge is 0.486 e. The molecule has 4 rings (SSSR count). The Labute approximate surface area is 201 Å². The van der Waals surface area contributed by atoms with E-state index in [1.807, 2.05) is 19.0 Å². The highest BCUT2D eigenvalue weighted by molar-refractivity contribution is 6.31. The van der Waals surface area contributed by atoms with Gasteiger partial charge in [0.05, 0.1) is 29.4 Å². The molecule has 1 unspecified atom stereocenters. The molecule has 1 fully saturated rings. The molecule has 178 valence electrons. The maximum atomic E-state index is 13.6. The fourth-order valence-electron chi connectivity index (χ4n) is 3.42. The molecule has 3 aromatic rings. The van der Waals surface area contributed by atoms with Crippen molar-refractivity contribution < 1.29 is 18.7 Å². The molecule has 10 heteroatoms. The summed E-state index contributed by atoms with van der Waals surface area (Å²) in [5.74, 6) is 0.170. The predicted octanol–water partition coefficient (Wildman–Crippen LogP) is 4.39. The molecule has 2 aromatic carbocycles. The fourth-order valence-corrected chi connectivity index (χ4v) is 3.60. The number of anilines is 3. The number of nitrogens with zero attached hydrogens (tertiary/aromatic N) is 3. The highest BCUT2D eigenvalue weighted by Crippen LogP contribution is 2.35. The first-order valence-corrected chi connectivity index (χ1v) is 11.1. The average Bonchev–Trinajstić information content (AvgIpc) is 3.30. The van der Waals surface area contributed by atoms with Crippen LogP contribution in [0, 0.1) is 5.82 Å². The standard InChI is InChI=1S/C24H25ClFN5O3/c1-31(2)8-3-4-23(32)30-21-11-17-20(12-22(21)34-16-7-9-33-13-16)27-14-28-24(17)29-15-5-6-19(26)18(25)10-15/h3-6,10-12,14,16H,7-9,13H2,1-2H3,(H,30,32)(H,27,28,29)/b4-3+. The second kappa shape index (κ2) is 10.8. The molecule has 0 radical (unpaired) electrons. The van der Waals surface area contributed by atoms with Gasteiger partial charge in [-0.15, -0.1) is 0 Å². The van der Waals surface area contributed by atoms with Gasteiger partial charge in [-0.3, -0.25) is 4.79 Å². The third-order valence-corrected chi connectivity index (χ3v) is 5.39. The zero-order valence-electron chi connectivity index (χ0n) is 18.8. The number of amides is 1. The molecule has 34 heavy (non-hydrogen) atoms. The van der Waals surface area contributed by atoms with E-state index in [4.69, 9.17) is 21.1 Å². The lowest BCUT2D eigenvalue weighted by Gasteiger charge is -2.17. The molecule has 0 saturated carbocycles. The van der Waals surface area contributed by atoms with Crippen molar-refractivity contribution in [2.24, 2.45) is 0 Å². The summed E-state index contributed by atoms with van der Waals surface area (Å²) in [6, 6.07) is 7.82. The van der Waals surface area contributed by atoms with E-state index in [1.165, 1.54) is 24.5 Å². The Morgan fingerprint density at radius 3 is 2.91 bits per heavy atom. The SMILES string of the molecule is CN(C)C/C=C/C(=O)Nc1cc2c(Nc3ccc(F)c(Cl)c3)ncnc2cc1OC1CCOC1. The Morgan fingerprint density at radius 1 is 1.32 bits per heavy atom. The van der Waals surface area contributed by atoms with Crippen LogP contribution in [-0.2, 0) is 9.53 Å². The third-order valence-electron chi connectivity index (χ3n) is 5.10. The van der Waals surface area contributed by atoms with Gasteiger partial charge in [0.15, 0.2) is 0 Å². The monoisotopic (exact) mass is 485 g/mol. The van der Waals surface area contributed by atoms with Crippen molar-refractivity contribution in [2.75, 3.05) is 44.5 Å². The predicted molar refractivity (Wildman–Crippen MR) is 130 cm³/mol. The lowest BCUT2D eigenvalue weighted by Crippen LogP contribution is -2.18. The number of benzene rings is 2. The van der Waals surface area contributed by atoms with Gasteiger partial charge in [0.1, 0.15) is 29.8 Å². The number of halogens is 2. The van der Waals surface area contributed by atoms with Crippen LogP contribution >= 0.6 is 11.6 Å². The number of nitrogens with one attached hydrogen (secondary N) is 2. The maximum Gasteiger partial charge on any atom is 0.248 e. The molecule has 1 aliphatic heterocycles. The topological polar surface area (TPSA) is 88.6 Å². The molecule has 1 saturated heterocycles. The minimum absolute atomic E-state index is 0.00436. The van der Waals surface area contributed by atoms with Gasteiger partial charge in [-0.2, -0.15) is 0 Å². The Morgan fingerprint density at radius 2 is 2.18 bits per heavy atom. The van der Waals surface area contributed by atoms with Crippen molar-refractivity contribution in [3.63, 3.8) is 0 Å². The molecule has 1 atom stereocenters. The summed E-state index contributed by atoms with van der Waals surface area (Å²) < 4.78 is 25.1. The van der Waals surface area contributed by atoms with Crippen LogP contribution in [0.1, 0.15) is 6.42 Å². The highest BCUT2D eigenvalue weighted by atomic mass is 35.5. The van der Waals surface area contributed by atoms with E-state index in [0.717, 1.165) is 6.42 Å². The number of rotatable bonds is 8. The van der Waals surface area contributed by atoms with Crippen LogP contribution in [0.5, 0.6) is 5.75 Å². The summed E-state index contributed by atoms with van der Waals surface area (Å²) in [6.45, 7) is 1.75. The number of carbonyl (C=O) groups is 1. The van der Waals surface area contributed by atoms with Crippen molar-refractivity contribution >= 4 is 45.6 Å². The number of fused-ring (bicyclic) bond motifs is 1. The number of likely N-dealkylation sites (N-methyl/N-ethyl adjacent to an activating group) is 1. The molecule has 0 aliphatic carbocycles. The number of hydrogen-bond acceptors (Lipinski definition) is 7. The molecular weight excluding hydrogens is 461 g/mol. The van der Waals surface area contributed by atoms with Crippen LogP contribution in [0.25, 0.3) is 10.9 Å². The van der Waals surface area contributed by atoms with E-state index in [0.29, 0.717) is 53.6 Å². The first-order chi connectivity index (χ1) is 16.4. The van der Waals surface area contributed by atoms with Gasteiger partial charge < -0.3 is 25.0 Å². The van der Waals surface area contributed by atoms with Crippen LogP contribution in [0.15, 0.2) is 48.8 Å². The molecule has 8 nitrogen and oxygen atoms in total. The van der Waals surface area contributed by atoms with Crippen molar-refractivity contribution in [2.45, 2.75) is 12.5 Å². The van der Waals surface area contributed by atoms with Crippen LogP contribution < -0.4 is 15.4 Å². The van der Waals surface area contributed by atoms with Gasteiger partial charge in [0.2, 0.25) is 5.91 Å². The number of aromatic nitrogens is 2.